The molecule has 4 nitrogen and oxygen atoms in total. The molecule has 0 bridgehead atoms. The van der Waals surface area contributed by atoms with Gasteiger partial charge in [-0.05, 0) is 31.4 Å². The van der Waals surface area contributed by atoms with E-state index in [4.69, 9.17) is 9.47 Å². The third-order valence-corrected chi connectivity index (χ3v) is 3.39. The second-order valence-corrected chi connectivity index (χ2v) is 4.57. The number of hydrogen-bond donors (Lipinski definition) is 1. The monoisotopic (exact) mass is 249 g/mol. The molecule has 0 saturated carbocycles. The zero-order chi connectivity index (χ0) is 13.1. The summed E-state index contributed by atoms with van der Waals surface area (Å²) in [5.41, 5.74) is 2.36. The van der Waals surface area contributed by atoms with E-state index in [9.17, 15) is 4.79 Å². The Balaban J connectivity index is 2.31. The topological polar surface area (TPSA) is 47.6 Å². The van der Waals surface area contributed by atoms with Crippen LogP contribution in [0.4, 0.5) is 0 Å². The number of benzene rings is 1. The minimum atomic E-state index is 0.0188. The normalized spacial score (nSPS) is 17.8. The van der Waals surface area contributed by atoms with Crippen molar-refractivity contribution in [1.82, 2.24) is 5.32 Å². The molecule has 98 valence electrons. The highest BCUT2D eigenvalue weighted by Crippen LogP contribution is 2.35. The Bertz CT molecular complexity index is 457. The van der Waals surface area contributed by atoms with E-state index in [1.54, 1.807) is 21.1 Å². The third-order valence-electron chi connectivity index (χ3n) is 3.39. The minimum Gasteiger partial charge on any atom is -0.496 e. The second kappa shape index (κ2) is 5.29. The van der Waals surface area contributed by atoms with Crippen molar-refractivity contribution in [3.8, 4) is 11.5 Å². The van der Waals surface area contributed by atoms with Gasteiger partial charge in [-0.1, -0.05) is 0 Å². The van der Waals surface area contributed by atoms with Crippen LogP contribution in [0.5, 0.6) is 11.5 Å². The summed E-state index contributed by atoms with van der Waals surface area (Å²) in [6.07, 6.45) is 2.64. The number of rotatable bonds is 3. The average molecular weight is 249 g/mol. The number of carbonyl (C=O) groups excluding carboxylic acids is 1. The van der Waals surface area contributed by atoms with Crippen LogP contribution in [-0.2, 0) is 17.6 Å². The Morgan fingerprint density at radius 3 is 2.39 bits per heavy atom. The predicted octanol–water partition coefficient (Wildman–Crippen LogP) is 1.70. The molecule has 0 aliphatic heterocycles. The third kappa shape index (κ3) is 2.42. The number of hydrogen-bond acceptors (Lipinski definition) is 3. The molecule has 1 N–H and O–H groups in total. The number of nitrogens with one attached hydrogen (secondary N) is 1. The fraction of sp³-hybridized carbons (Fsp3) is 0.500. The van der Waals surface area contributed by atoms with Gasteiger partial charge in [0.25, 0.3) is 0 Å². The molecule has 1 atom stereocenters. The minimum absolute atomic E-state index is 0.0188. The zero-order valence-electron chi connectivity index (χ0n) is 11.1. The van der Waals surface area contributed by atoms with Crippen LogP contribution in [0.3, 0.4) is 0 Å². The van der Waals surface area contributed by atoms with Crippen molar-refractivity contribution in [1.29, 1.82) is 0 Å². The molecular weight excluding hydrogens is 230 g/mol. The first-order valence-corrected chi connectivity index (χ1v) is 6.15. The fourth-order valence-electron chi connectivity index (χ4n) is 2.61. The van der Waals surface area contributed by atoms with Gasteiger partial charge in [0.15, 0.2) is 0 Å². The summed E-state index contributed by atoms with van der Waals surface area (Å²) >= 11 is 0. The Morgan fingerprint density at radius 1 is 1.22 bits per heavy atom. The average Bonchev–Trinajstić information content (AvgIpc) is 2.36. The van der Waals surface area contributed by atoms with Gasteiger partial charge < -0.3 is 14.8 Å². The van der Waals surface area contributed by atoms with Crippen molar-refractivity contribution in [2.24, 2.45) is 0 Å². The first-order valence-electron chi connectivity index (χ1n) is 6.15. The molecule has 0 saturated heterocycles. The van der Waals surface area contributed by atoms with E-state index in [0.717, 1.165) is 36.3 Å². The highest BCUT2D eigenvalue weighted by atomic mass is 16.5. The largest absolute Gasteiger partial charge is 0.496 e. The summed E-state index contributed by atoms with van der Waals surface area (Å²) in [6, 6.07) is 4.06. The van der Waals surface area contributed by atoms with E-state index in [2.05, 4.69) is 5.32 Å². The number of amides is 1. The zero-order valence-corrected chi connectivity index (χ0v) is 11.1. The molecule has 0 heterocycles. The van der Waals surface area contributed by atoms with Gasteiger partial charge in [-0.2, -0.15) is 0 Å². The Labute approximate surface area is 107 Å². The Morgan fingerprint density at radius 2 is 1.83 bits per heavy atom. The van der Waals surface area contributed by atoms with Gasteiger partial charge in [0, 0.05) is 24.1 Å². The summed E-state index contributed by atoms with van der Waals surface area (Å²) < 4.78 is 10.8. The lowest BCUT2D eigenvalue weighted by Gasteiger charge is -2.27. The van der Waals surface area contributed by atoms with Crippen molar-refractivity contribution in [2.75, 3.05) is 14.2 Å². The summed E-state index contributed by atoms with van der Waals surface area (Å²) in [7, 11) is 3.35. The predicted molar refractivity (Wildman–Crippen MR) is 69.2 cm³/mol. The van der Waals surface area contributed by atoms with Crippen molar-refractivity contribution < 1.29 is 14.3 Å². The molecule has 1 aliphatic carbocycles. The summed E-state index contributed by atoms with van der Waals surface area (Å²) in [5.74, 6) is 1.80. The molecule has 0 unspecified atom stereocenters. The van der Waals surface area contributed by atoms with Crippen LogP contribution in [0.1, 0.15) is 24.5 Å². The van der Waals surface area contributed by atoms with E-state index in [0.29, 0.717) is 0 Å². The number of methoxy groups -OCH3 is 2. The first-order chi connectivity index (χ1) is 8.65. The smallest absolute Gasteiger partial charge is 0.217 e. The molecule has 1 aromatic rings. The molecule has 1 aliphatic rings. The maximum absolute atomic E-state index is 11.1. The van der Waals surface area contributed by atoms with Gasteiger partial charge in [-0.15, -0.1) is 0 Å². The van der Waals surface area contributed by atoms with Gasteiger partial charge in [-0.25, -0.2) is 0 Å². The Hall–Kier alpha value is -1.71. The number of fused-ring (bicyclic) bond motifs is 1. The molecule has 1 amide bonds. The van der Waals surface area contributed by atoms with Crippen molar-refractivity contribution in [3.05, 3.63) is 23.3 Å². The quantitative estimate of drug-likeness (QED) is 0.887. The van der Waals surface area contributed by atoms with Crippen molar-refractivity contribution in [3.63, 3.8) is 0 Å². The van der Waals surface area contributed by atoms with Crippen LogP contribution in [-0.4, -0.2) is 26.2 Å². The molecule has 0 radical (unpaired) electrons. The van der Waals surface area contributed by atoms with Crippen LogP contribution < -0.4 is 14.8 Å². The highest BCUT2D eigenvalue weighted by molar-refractivity contribution is 5.73. The van der Waals surface area contributed by atoms with E-state index in [1.165, 1.54) is 5.56 Å². The van der Waals surface area contributed by atoms with Gasteiger partial charge >= 0.3 is 0 Å². The van der Waals surface area contributed by atoms with E-state index >= 15 is 0 Å². The van der Waals surface area contributed by atoms with Crippen LogP contribution in [0, 0.1) is 0 Å². The van der Waals surface area contributed by atoms with Gasteiger partial charge in [0.05, 0.1) is 14.2 Å². The fourth-order valence-corrected chi connectivity index (χ4v) is 2.61. The van der Waals surface area contributed by atoms with Gasteiger partial charge in [0.2, 0.25) is 5.91 Å². The number of carbonyl (C=O) groups is 1. The lowest BCUT2D eigenvalue weighted by atomic mass is 9.87. The van der Waals surface area contributed by atoms with E-state index < -0.39 is 0 Å². The lowest BCUT2D eigenvalue weighted by molar-refractivity contribution is -0.119. The maximum Gasteiger partial charge on any atom is 0.217 e. The SMILES string of the molecule is COc1ccc(OC)c2c1CC[C@@H](NC(C)=O)C2. The molecular formula is C14H19NO3. The summed E-state index contributed by atoms with van der Waals surface area (Å²) in [6.45, 7) is 1.55. The van der Waals surface area contributed by atoms with Crippen LogP contribution >= 0.6 is 0 Å². The van der Waals surface area contributed by atoms with Gasteiger partial charge in [0.1, 0.15) is 11.5 Å². The second-order valence-electron chi connectivity index (χ2n) is 4.57. The Kier molecular flexibility index (Phi) is 3.75. The summed E-state index contributed by atoms with van der Waals surface area (Å²) in [4.78, 5) is 11.1. The van der Waals surface area contributed by atoms with Crippen molar-refractivity contribution >= 4 is 5.91 Å². The van der Waals surface area contributed by atoms with Crippen molar-refractivity contribution in [2.45, 2.75) is 32.2 Å². The molecule has 0 fully saturated rings. The van der Waals surface area contributed by atoms with E-state index in [1.807, 2.05) is 12.1 Å². The van der Waals surface area contributed by atoms with Crippen LogP contribution in [0.2, 0.25) is 0 Å². The first kappa shape index (κ1) is 12.7. The highest BCUT2D eigenvalue weighted by Gasteiger charge is 2.24. The molecule has 0 aromatic heterocycles. The standard InChI is InChI=1S/C14H19NO3/c1-9(16)15-10-4-5-11-12(8-10)14(18-3)7-6-13(11)17-2/h6-7,10H,4-5,8H2,1-3H3,(H,15,16)/t10-/m1/s1. The van der Waals surface area contributed by atoms with Crippen LogP contribution in [0.15, 0.2) is 12.1 Å². The van der Waals surface area contributed by atoms with Crippen LogP contribution in [0.25, 0.3) is 0 Å². The maximum atomic E-state index is 11.1. The van der Waals surface area contributed by atoms with Gasteiger partial charge in [-0.3, -0.25) is 4.79 Å². The lowest BCUT2D eigenvalue weighted by Crippen LogP contribution is -2.37. The molecule has 2 rings (SSSR count). The molecule has 0 spiro atoms. The van der Waals surface area contributed by atoms with E-state index in [-0.39, 0.29) is 11.9 Å². The molecule has 1 aromatic carbocycles. The molecule has 18 heavy (non-hydrogen) atoms. The number of ether oxygens (including phenoxy) is 2. The molecule has 4 heteroatoms. The summed E-state index contributed by atoms with van der Waals surface area (Å²) in [5, 5.41) is 2.98.